The summed E-state index contributed by atoms with van der Waals surface area (Å²) < 4.78 is 1.93. The first-order chi connectivity index (χ1) is 25.4. The van der Waals surface area contributed by atoms with Gasteiger partial charge in [0.25, 0.3) is 0 Å². The minimum absolute atomic E-state index is 0.164. The van der Waals surface area contributed by atoms with Crippen molar-refractivity contribution in [1.29, 1.82) is 0 Å². The Morgan fingerprint density at radius 1 is 0.423 bits per heavy atom. The molecule has 0 atom stereocenters. The molecule has 10 radical (unpaired) electrons. The predicted octanol–water partition coefficient (Wildman–Crippen LogP) is 5.36. The van der Waals surface area contributed by atoms with E-state index in [9.17, 15) is 0 Å². The van der Waals surface area contributed by atoms with Gasteiger partial charge in [-0.05, 0) is 80.2 Å². The maximum atomic E-state index is 6.64. The highest BCUT2D eigenvalue weighted by atomic mass is 15.1. The van der Waals surface area contributed by atoms with E-state index in [-0.39, 0.29) is 27.3 Å². The van der Waals surface area contributed by atoms with Gasteiger partial charge in [-0.1, -0.05) is 114 Å². The molecular weight excluding hydrogens is 625 g/mol. The quantitative estimate of drug-likeness (QED) is 0.186. The van der Waals surface area contributed by atoms with Crippen molar-refractivity contribution in [3.8, 4) is 50.6 Å². The molecule has 0 unspecified atom stereocenters. The van der Waals surface area contributed by atoms with Gasteiger partial charge in [-0.3, -0.25) is 9.55 Å². The number of pyridine rings is 1. The largest absolute Gasteiger partial charge is 0.294 e. The summed E-state index contributed by atoms with van der Waals surface area (Å²) in [4.78, 5) is 9.72. The van der Waals surface area contributed by atoms with Crippen LogP contribution in [0.4, 0.5) is 0 Å². The van der Waals surface area contributed by atoms with Crippen molar-refractivity contribution in [3.63, 3.8) is 0 Å². The minimum atomic E-state index is 0.164. The molecule has 9 aromatic rings. The van der Waals surface area contributed by atoms with Crippen LogP contribution in [0.3, 0.4) is 0 Å². The second kappa shape index (κ2) is 12.6. The first kappa shape index (κ1) is 31.9. The average molecular weight is 649 g/mol. The molecule has 52 heavy (non-hydrogen) atoms. The molecule has 230 valence electrons. The summed E-state index contributed by atoms with van der Waals surface area (Å²) in [6, 6.07) is 48.1. The van der Waals surface area contributed by atoms with Crippen molar-refractivity contribution >= 4 is 99.1 Å². The van der Waals surface area contributed by atoms with Gasteiger partial charge in [0, 0.05) is 23.0 Å². The lowest BCUT2D eigenvalue weighted by Gasteiger charge is -2.23. The molecule has 0 fully saturated rings. The van der Waals surface area contributed by atoms with Gasteiger partial charge in [0.15, 0.2) is 0 Å². The van der Waals surface area contributed by atoms with Gasteiger partial charge >= 0.3 is 0 Å². The molecule has 8 heteroatoms. The molecule has 2 aromatic heterocycles. The maximum absolute atomic E-state index is 6.64. The Morgan fingerprint density at radius 2 is 0.904 bits per heavy atom. The van der Waals surface area contributed by atoms with Crippen LogP contribution in [0.15, 0.2) is 146 Å². The van der Waals surface area contributed by atoms with Crippen molar-refractivity contribution in [1.82, 2.24) is 14.5 Å². The fourth-order valence-electron chi connectivity index (χ4n) is 7.45. The smallest absolute Gasteiger partial charge is 0.145 e. The van der Waals surface area contributed by atoms with E-state index in [0.29, 0.717) is 11.5 Å². The van der Waals surface area contributed by atoms with Gasteiger partial charge in [0.05, 0.1) is 16.7 Å². The molecule has 0 saturated carbocycles. The van der Waals surface area contributed by atoms with Crippen LogP contribution >= 0.6 is 0 Å². The summed E-state index contributed by atoms with van der Waals surface area (Å²) in [6.07, 6.45) is 1.83. The van der Waals surface area contributed by atoms with Gasteiger partial charge in [0.1, 0.15) is 45.1 Å². The van der Waals surface area contributed by atoms with Crippen molar-refractivity contribution in [3.05, 3.63) is 146 Å². The number of hydrogen-bond donors (Lipinski definition) is 0. The molecule has 0 bridgehead atoms. The van der Waals surface area contributed by atoms with E-state index in [1.54, 1.807) is 0 Å². The summed E-state index contributed by atoms with van der Waals surface area (Å²) in [5, 5.41) is 4.58. The predicted molar refractivity (Wildman–Crippen MR) is 223 cm³/mol. The Bertz CT molecular complexity index is 2780. The van der Waals surface area contributed by atoms with E-state index in [1.807, 2.05) is 59.3 Å². The number of benzene rings is 7. The minimum Gasteiger partial charge on any atom is -0.294 e. The molecule has 0 spiro atoms. The molecule has 3 nitrogen and oxygen atoms in total. The van der Waals surface area contributed by atoms with Crippen LogP contribution in [0.25, 0.3) is 83.2 Å². The van der Waals surface area contributed by atoms with Gasteiger partial charge < -0.3 is 0 Å². The third-order valence-corrected chi connectivity index (χ3v) is 9.91. The van der Waals surface area contributed by atoms with Crippen molar-refractivity contribution in [2.45, 2.75) is 0 Å². The lowest BCUT2D eigenvalue weighted by Crippen LogP contribution is -2.56. The van der Waals surface area contributed by atoms with Crippen molar-refractivity contribution in [2.24, 2.45) is 0 Å². The number of imidazole rings is 1. The van der Waals surface area contributed by atoms with Crippen LogP contribution in [0, 0.1) is 0 Å². The van der Waals surface area contributed by atoms with E-state index in [2.05, 4.69) is 96.0 Å². The molecule has 2 heterocycles. The zero-order valence-electron chi connectivity index (χ0n) is 28.1. The summed E-state index contributed by atoms with van der Waals surface area (Å²) in [6.45, 7) is 0. The molecule has 0 aliphatic carbocycles. The third-order valence-electron chi connectivity index (χ3n) is 9.91. The Morgan fingerprint density at radius 3 is 1.48 bits per heavy atom. The molecule has 0 N–H and O–H groups in total. The molecule has 0 aliphatic heterocycles. The van der Waals surface area contributed by atoms with Gasteiger partial charge in [-0.2, -0.15) is 0 Å². The molecule has 9 rings (SSSR count). The molecule has 0 saturated heterocycles. The van der Waals surface area contributed by atoms with E-state index in [4.69, 9.17) is 44.2 Å². The highest BCUT2D eigenvalue weighted by Crippen LogP contribution is 2.44. The maximum Gasteiger partial charge on any atom is 0.145 e. The molecule has 0 amide bonds. The average Bonchev–Trinajstić information content (AvgIpc) is 3.58. The Hall–Kier alpha value is -6.00. The van der Waals surface area contributed by atoms with Gasteiger partial charge in [-0.15, -0.1) is 16.4 Å². The monoisotopic (exact) mass is 649 g/mol. The fourth-order valence-corrected chi connectivity index (χ4v) is 7.45. The first-order valence-corrected chi connectivity index (χ1v) is 17.0. The summed E-state index contributed by atoms with van der Waals surface area (Å²) in [5.74, 6) is 0.640. The lowest BCUT2D eigenvalue weighted by molar-refractivity contribution is 1.12. The summed E-state index contributed by atoms with van der Waals surface area (Å²) in [5.41, 5.74) is 10.4. The van der Waals surface area contributed by atoms with Gasteiger partial charge in [-0.25, -0.2) is 4.98 Å². The molecular formula is C44H24B5N3. The normalized spacial score (nSPS) is 11.5. The van der Waals surface area contributed by atoms with Crippen LogP contribution in [0.2, 0.25) is 0 Å². The number of fused-ring (bicyclic) bond motifs is 3. The zero-order valence-corrected chi connectivity index (χ0v) is 28.1. The van der Waals surface area contributed by atoms with E-state index in [0.717, 1.165) is 66.1 Å². The number of para-hydroxylation sites is 2. The van der Waals surface area contributed by atoms with Crippen LogP contribution < -0.4 is 27.3 Å². The Balaban J connectivity index is 1.29. The highest BCUT2D eigenvalue weighted by molar-refractivity contribution is 6.68. The summed E-state index contributed by atoms with van der Waals surface area (Å²) in [7, 11) is 32.2. The third kappa shape index (κ3) is 5.05. The summed E-state index contributed by atoms with van der Waals surface area (Å²) >= 11 is 0. The lowest BCUT2D eigenvalue weighted by atomic mass is 9.61. The molecule has 0 aliphatic rings. The van der Waals surface area contributed by atoms with Crippen LogP contribution in [0.1, 0.15) is 0 Å². The van der Waals surface area contributed by atoms with Crippen molar-refractivity contribution < 1.29 is 0 Å². The van der Waals surface area contributed by atoms with Crippen LogP contribution in [-0.4, -0.2) is 53.8 Å². The number of aromatic nitrogens is 3. The van der Waals surface area contributed by atoms with Crippen LogP contribution in [-0.2, 0) is 0 Å². The topological polar surface area (TPSA) is 30.7 Å². The number of nitrogens with zero attached hydrogens (tertiary/aromatic N) is 3. The number of rotatable bonds is 5. The second-order valence-corrected chi connectivity index (χ2v) is 12.9. The fraction of sp³-hybridized carbons (Fsp3) is 0. The second-order valence-electron chi connectivity index (χ2n) is 12.9. The highest BCUT2D eigenvalue weighted by Gasteiger charge is 2.21. The molecule has 7 aromatic carbocycles. The Labute approximate surface area is 308 Å². The van der Waals surface area contributed by atoms with E-state index >= 15 is 0 Å². The van der Waals surface area contributed by atoms with E-state index < -0.39 is 0 Å². The Kier molecular flexibility index (Phi) is 7.77. The zero-order chi connectivity index (χ0) is 35.5. The standard InChI is InChI=1S/C44H24B5N3/c45-38-39(46)41(48)43(42(49)40(38)47)52-35-21-6-5-20-34(35)51-44(52)28-14-10-13-27(24-28)37-31-17-3-1-15-29(31)36(30-16-2-4-18-32(30)37)26-12-9-11-25(23-26)33-19-7-8-22-50-33/h1-24H. The van der Waals surface area contributed by atoms with Crippen molar-refractivity contribution in [2.75, 3.05) is 0 Å². The van der Waals surface area contributed by atoms with Gasteiger partial charge in [0.2, 0.25) is 0 Å². The van der Waals surface area contributed by atoms with Crippen LogP contribution in [0.5, 0.6) is 0 Å². The van der Waals surface area contributed by atoms with E-state index in [1.165, 1.54) is 5.56 Å². The number of hydrogen-bond acceptors (Lipinski definition) is 2. The first-order valence-electron chi connectivity index (χ1n) is 17.0. The SMILES string of the molecule is [B]c1c([B])c([B])c(-n2c(-c3cccc(-c4c5ccccc5c(-c5cccc(-c6ccccn6)c5)c5ccccc45)c3)nc3ccccc32)c([B])c1[B].